The van der Waals surface area contributed by atoms with E-state index in [4.69, 9.17) is 4.98 Å². The minimum Gasteiger partial charge on any atom is -0.507 e. The van der Waals surface area contributed by atoms with Gasteiger partial charge in [0.15, 0.2) is 0 Å². The van der Waals surface area contributed by atoms with Crippen LogP contribution in [0.25, 0.3) is 55.5 Å². The summed E-state index contributed by atoms with van der Waals surface area (Å²) in [5.74, 6) is 0.196. The molecule has 3 nitrogen and oxygen atoms in total. The molecule has 0 aliphatic rings. The van der Waals surface area contributed by atoms with E-state index in [0.717, 1.165) is 43.4 Å². The maximum absolute atomic E-state index is 11.0. The van der Waals surface area contributed by atoms with Crippen LogP contribution < -0.4 is 0 Å². The van der Waals surface area contributed by atoms with E-state index in [2.05, 4.69) is 138 Å². The quantitative estimate of drug-likeness (QED) is 0.169. The van der Waals surface area contributed by atoms with E-state index in [1.807, 2.05) is 42.6 Å². The first-order chi connectivity index (χ1) is 23.9. The van der Waals surface area contributed by atoms with Crippen LogP contribution in [0.3, 0.4) is 0 Å². The number of nitrogens with zero attached hydrogens (tertiary/aromatic N) is 2. The summed E-state index contributed by atoms with van der Waals surface area (Å²) >= 11 is 1.59. The minimum atomic E-state index is -0.0371. The summed E-state index contributed by atoms with van der Waals surface area (Å²) < 4.78 is 0. The van der Waals surface area contributed by atoms with Crippen molar-refractivity contribution in [3.63, 3.8) is 0 Å². The molecular weight excluding hydrogens is 824 g/mol. The Balaban J connectivity index is 0.00000448. The van der Waals surface area contributed by atoms with E-state index < -0.39 is 0 Å². The first-order valence-electron chi connectivity index (χ1n) is 17.0. The summed E-state index contributed by atoms with van der Waals surface area (Å²) in [6.07, 6.45) is 1.82. The van der Waals surface area contributed by atoms with Gasteiger partial charge in [0.1, 0.15) is 5.75 Å². The Morgan fingerprint density at radius 1 is 0.588 bits per heavy atom. The van der Waals surface area contributed by atoms with Gasteiger partial charge in [0.05, 0.1) is 10.7 Å². The summed E-state index contributed by atoms with van der Waals surface area (Å²) in [5, 5.41) is 14.3. The van der Waals surface area contributed by atoms with Crippen LogP contribution in [0, 0.1) is 6.07 Å². The third-order valence-electron chi connectivity index (χ3n) is 9.08. The molecule has 0 saturated heterocycles. The molecule has 2 aromatic heterocycles. The maximum Gasteiger partial charge on any atom is 0.124 e. The molecule has 0 spiro atoms. The number of phenols is 1. The van der Waals surface area contributed by atoms with Gasteiger partial charge >= 0.3 is 0 Å². The van der Waals surface area contributed by atoms with Crippen molar-refractivity contribution in [2.24, 2.45) is 0 Å². The molecule has 0 aliphatic carbocycles. The average molecular weight is 865 g/mol. The summed E-state index contributed by atoms with van der Waals surface area (Å²) in [5.41, 5.74) is 9.91. The number of benzene rings is 5. The fourth-order valence-corrected chi connectivity index (χ4v) is 7.05. The normalized spacial score (nSPS) is 11.7. The van der Waals surface area contributed by atoms with Crippen molar-refractivity contribution in [1.29, 1.82) is 0 Å². The number of hydrogen-bond donors (Lipinski definition) is 1. The van der Waals surface area contributed by atoms with Crippen molar-refractivity contribution in [1.82, 2.24) is 9.97 Å². The van der Waals surface area contributed by atoms with Gasteiger partial charge in [0.25, 0.3) is 0 Å². The molecule has 258 valence electrons. The molecule has 0 atom stereocenters. The number of aromatic nitrogens is 2. The van der Waals surface area contributed by atoms with E-state index in [0.29, 0.717) is 11.3 Å². The molecule has 51 heavy (non-hydrogen) atoms. The Hall–Kier alpha value is -4.50. The molecule has 5 aromatic carbocycles. The first-order valence-corrected chi connectivity index (χ1v) is 17.9. The van der Waals surface area contributed by atoms with Crippen LogP contribution >= 0.6 is 11.8 Å². The molecular formula is C46H41N2OPtS-. The van der Waals surface area contributed by atoms with Gasteiger partial charge in [-0.05, 0) is 85.4 Å². The fourth-order valence-electron chi connectivity index (χ4n) is 6.21. The van der Waals surface area contributed by atoms with Gasteiger partial charge in [-0.3, -0.25) is 4.98 Å². The van der Waals surface area contributed by atoms with E-state index in [-0.39, 0.29) is 37.6 Å². The van der Waals surface area contributed by atoms with E-state index in [1.54, 1.807) is 17.8 Å². The maximum atomic E-state index is 11.0. The van der Waals surface area contributed by atoms with Crippen molar-refractivity contribution in [3.05, 3.63) is 151 Å². The second-order valence-electron chi connectivity index (χ2n) is 14.9. The van der Waals surface area contributed by atoms with Gasteiger partial charge in [-0.15, -0.1) is 23.8 Å². The van der Waals surface area contributed by atoms with E-state index >= 15 is 0 Å². The van der Waals surface area contributed by atoms with Gasteiger partial charge in [0, 0.05) is 32.8 Å². The molecule has 1 N–H and O–H groups in total. The zero-order valence-corrected chi connectivity index (χ0v) is 32.9. The predicted octanol–water partition coefficient (Wildman–Crippen LogP) is 12.5. The van der Waals surface area contributed by atoms with Crippen LogP contribution in [-0.2, 0) is 31.9 Å². The number of rotatable bonds is 6. The Labute approximate surface area is 320 Å². The predicted molar refractivity (Wildman–Crippen MR) is 210 cm³/mol. The van der Waals surface area contributed by atoms with Gasteiger partial charge < -0.3 is 5.11 Å². The fraction of sp³-hybridized carbons (Fsp3) is 0.174. The standard InChI is InChI=1S/C46H41N2OS.Pt/c1-45(2,3)35-23-31(24-36(29-35)46(4,5)6)32-27-41(48-42(28-32)40-17-9-10-19-43(40)49)34-22-33(25-37(26-34)50-44-20-11-12-21-47-44)39-18-13-15-30-14-7-8-16-38(30)39;/h7-25,27-29,49H,1-6H3;/q-1;. The van der Waals surface area contributed by atoms with Crippen LogP contribution in [-0.4, -0.2) is 15.1 Å². The zero-order valence-electron chi connectivity index (χ0n) is 29.8. The van der Waals surface area contributed by atoms with Gasteiger partial charge in [0.2, 0.25) is 0 Å². The van der Waals surface area contributed by atoms with Gasteiger partial charge in [-0.1, -0.05) is 149 Å². The number of fused-ring (bicyclic) bond motifs is 1. The molecule has 0 aliphatic heterocycles. The number of phenolic OH excluding ortho intramolecular Hbond substituents is 1. The Morgan fingerprint density at radius 2 is 1.22 bits per heavy atom. The monoisotopic (exact) mass is 864 g/mol. The summed E-state index contributed by atoms with van der Waals surface area (Å²) in [6, 6.07) is 47.7. The molecule has 0 saturated carbocycles. The summed E-state index contributed by atoms with van der Waals surface area (Å²) in [7, 11) is 0. The smallest absolute Gasteiger partial charge is 0.124 e. The largest absolute Gasteiger partial charge is 0.507 e. The third-order valence-corrected chi connectivity index (χ3v) is 9.97. The number of para-hydroxylation sites is 1. The molecule has 7 aromatic rings. The molecule has 0 bridgehead atoms. The number of pyridine rings is 2. The molecule has 0 fully saturated rings. The van der Waals surface area contributed by atoms with Crippen LogP contribution in [0.5, 0.6) is 5.75 Å². The molecule has 0 amide bonds. The molecule has 0 unspecified atom stereocenters. The Kier molecular flexibility index (Phi) is 10.4. The topological polar surface area (TPSA) is 46.0 Å². The summed E-state index contributed by atoms with van der Waals surface area (Å²) in [6.45, 7) is 13.6. The zero-order chi connectivity index (χ0) is 35.0. The molecule has 2 heterocycles. The van der Waals surface area contributed by atoms with E-state index in [9.17, 15) is 5.11 Å². The van der Waals surface area contributed by atoms with Crippen LogP contribution in [0.15, 0.2) is 144 Å². The van der Waals surface area contributed by atoms with Crippen LogP contribution in [0.4, 0.5) is 0 Å². The molecule has 0 radical (unpaired) electrons. The second-order valence-corrected chi connectivity index (χ2v) is 15.9. The van der Waals surface area contributed by atoms with Gasteiger partial charge in [-0.2, -0.15) is 0 Å². The van der Waals surface area contributed by atoms with Crippen LogP contribution in [0.1, 0.15) is 52.7 Å². The second kappa shape index (κ2) is 14.6. The Morgan fingerprint density at radius 3 is 1.92 bits per heavy atom. The van der Waals surface area contributed by atoms with E-state index in [1.165, 1.54) is 21.9 Å². The van der Waals surface area contributed by atoms with Crippen molar-refractivity contribution in [3.8, 4) is 50.5 Å². The first kappa shape index (κ1) is 36.3. The number of hydrogen-bond acceptors (Lipinski definition) is 4. The van der Waals surface area contributed by atoms with Crippen molar-refractivity contribution < 1.29 is 26.2 Å². The van der Waals surface area contributed by atoms with Gasteiger partial charge in [-0.25, -0.2) is 4.98 Å². The minimum absolute atomic E-state index is 0. The Bertz CT molecular complexity index is 2300. The molecule has 7 rings (SSSR count). The van der Waals surface area contributed by atoms with Crippen molar-refractivity contribution in [2.45, 2.75) is 62.3 Å². The van der Waals surface area contributed by atoms with Crippen molar-refractivity contribution >= 4 is 22.5 Å². The SMILES string of the molecule is CC(C)(C)c1cc(-c2cc(-c3[c-]c(Sc4ccccn4)cc(-c4cccc5ccccc45)c3)nc(-c3ccccc3O)c2)cc(C(C)(C)C)c1.[Pt]. The average Bonchev–Trinajstić information content (AvgIpc) is 3.11. The van der Waals surface area contributed by atoms with Crippen molar-refractivity contribution in [2.75, 3.05) is 0 Å². The van der Waals surface area contributed by atoms with Crippen LogP contribution in [0.2, 0.25) is 0 Å². The summed E-state index contributed by atoms with van der Waals surface area (Å²) in [4.78, 5) is 10.8. The number of aromatic hydroxyl groups is 1. The molecule has 5 heteroatoms. The third kappa shape index (κ3) is 8.04.